The van der Waals surface area contributed by atoms with Crippen LogP contribution in [0.5, 0.6) is 0 Å². The Morgan fingerprint density at radius 2 is 2.09 bits per heavy atom. The summed E-state index contributed by atoms with van der Waals surface area (Å²) in [5.74, 6) is 1.25. The zero-order valence-corrected chi connectivity index (χ0v) is 13.6. The minimum absolute atomic E-state index is 0.154. The second-order valence-corrected chi connectivity index (χ2v) is 6.27. The van der Waals surface area contributed by atoms with Gasteiger partial charge in [-0.1, -0.05) is 11.6 Å². The van der Waals surface area contributed by atoms with E-state index >= 15 is 0 Å². The number of pyridine rings is 1. The Labute approximate surface area is 136 Å². The number of piperazine rings is 1. The van der Waals surface area contributed by atoms with E-state index in [1.165, 1.54) is 0 Å². The van der Waals surface area contributed by atoms with Crippen LogP contribution < -0.4 is 4.90 Å². The van der Waals surface area contributed by atoms with Gasteiger partial charge in [0.2, 0.25) is 5.91 Å². The third-order valence-corrected chi connectivity index (χ3v) is 4.77. The Morgan fingerprint density at radius 1 is 1.36 bits per heavy atom. The fraction of sp³-hybridized carbons (Fsp3) is 0.625. The van der Waals surface area contributed by atoms with Crippen molar-refractivity contribution in [2.45, 2.75) is 25.9 Å². The number of halogens is 1. The van der Waals surface area contributed by atoms with Gasteiger partial charge in [0.25, 0.3) is 0 Å². The molecular weight excluding hydrogens is 302 g/mol. The summed E-state index contributed by atoms with van der Waals surface area (Å²) in [6.45, 7) is 5.77. The summed E-state index contributed by atoms with van der Waals surface area (Å²) >= 11 is 6.19. The smallest absolute Gasteiger partial charge is 0.226 e. The predicted molar refractivity (Wildman–Crippen MR) is 86.2 cm³/mol. The van der Waals surface area contributed by atoms with Crippen LogP contribution >= 0.6 is 11.6 Å². The van der Waals surface area contributed by atoms with Crippen LogP contribution in [0.3, 0.4) is 0 Å². The van der Waals surface area contributed by atoms with Crippen LogP contribution in [0.2, 0.25) is 5.02 Å². The SMILES string of the molecule is CCOC1CC(C(=O)N2CCN(c3ncccc3Cl)CC2)C1. The number of carbonyl (C=O) groups excluding carboxylic acids is 1. The van der Waals surface area contributed by atoms with Gasteiger partial charge in [-0.25, -0.2) is 4.98 Å². The second-order valence-electron chi connectivity index (χ2n) is 5.87. The largest absolute Gasteiger partial charge is 0.378 e. The molecule has 3 rings (SSSR count). The van der Waals surface area contributed by atoms with Gasteiger partial charge in [0.15, 0.2) is 0 Å². The van der Waals surface area contributed by atoms with E-state index in [9.17, 15) is 4.79 Å². The molecule has 2 heterocycles. The molecule has 1 saturated carbocycles. The van der Waals surface area contributed by atoms with Crippen molar-refractivity contribution in [1.29, 1.82) is 0 Å². The summed E-state index contributed by atoms with van der Waals surface area (Å²) in [6, 6.07) is 3.68. The number of aromatic nitrogens is 1. The lowest BCUT2D eigenvalue weighted by Gasteiger charge is -2.41. The standard InChI is InChI=1S/C16H22ClN3O2/c1-2-22-13-10-12(11-13)16(21)20-8-6-19(7-9-20)15-14(17)4-3-5-18-15/h3-5,12-13H,2,6-11H2,1H3. The number of nitrogens with zero attached hydrogens (tertiary/aromatic N) is 3. The van der Waals surface area contributed by atoms with Crippen molar-refractivity contribution in [3.05, 3.63) is 23.4 Å². The molecule has 120 valence electrons. The lowest BCUT2D eigenvalue weighted by Crippen LogP contribution is -2.53. The van der Waals surface area contributed by atoms with Crippen molar-refractivity contribution >= 4 is 23.3 Å². The van der Waals surface area contributed by atoms with Gasteiger partial charge in [-0.2, -0.15) is 0 Å². The lowest BCUT2D eigenvalue weighted by atomic mass is 9.81. The molecular formula is C16H22ClN3O2. The summed E-state index contributed by atoms with van der Waals surface area (Å²) < 4.78 is 5.53. The first-order chi connectivity index (χ1) is 10.7. The third kappa shape index (κ3) is 3.20. The maximum absolute atomic E-state index is 12.5. The molecule has 2 fully saturated rings. The van der Waals surface area contributed by atoms with Crippen molar-refractivity contribution in [2.24, 2.45) is 5.92 Å². The Hall–Kier alpha value is -1.33. The molecule has 1 aromatic rings. The number of rotatable bonds is 4. The molecule has 1 saturated heterocycles. The van der Waals surface area contributed by atoms with Gasteiger partial charge in [0.05, 0.1) is 11.1 Å². The highest BCUT2D eigenvalue weighted by atomic mass is 35.5. The molecule has 0 spiro atoms. The maximum atomic E-state index is 12.5. The van der Waals surface area contributed by atoms with Gasteiger partial charge in [0.1, 0.15) is 5.82 Å². The van der Waals surface area contributed by atoms with Crippen molar-refractivity contribution < 1.29 is 9.53 Å². The lowest BCUT2D eigenvalue weighted by molar-refractivity contribution is -0.144. The van der Waals surface area contributed by atoms with Gasteiger partial charge in [-0.3, -0.25) is 4.79 Å². The fourth-order valence-corrected chi connectivity index (χ4v) is 3.39. The first-order valence-electron chi connectivity index (χ1n) is 7.95. The minimum atomic E-state index is 0.154. The Morgan fingerprint density at radius 3 is 2.73 bits per heavy atom. The van der Waals surface area contributed by atoms with Crippen LogP contribution in [0.25, 0.3) is 0 Å². The van der Waals surface area contributed by atoms with E-state index in [0.29, 0.717) is 5.02 Å². The predicted octanol–water partition coefficient (Wildman–Crippen LogP) is 2.20. The average molecular weight is 324 g/mol. The molecule has 1 aliphatic heterocycles. The molecule has 1 aromatic heterocycles. The van der Waals surface area contributed by atoms with Gasteiger partial charge in [-0.05, 0) is 31.9 Å². The van der Waals surface area contributed by atoms with E-state index < -0.39 is 0 Å². The van der Waals surface area contributed by atoms with Crippen molar-refractivity contribution in [3.63, 3.8) is 0 Å². The summed E-state index contributed by atoms with van der Waals surface area (Å²) in [5.41, 5.74) is 0. The summed E-state index contributed by atoms with van der Waals surface area (Å²) in [5, 5.41) is 0.667. The molecule has 0 N–H and O–H groups in total. The molecule has 0 unspecified atom stereocenters. The van der Waals surface area contributed by atoms with Crippen molar-refractivity contribution in [2.75, 3.05) is 37.7 Å². The Kier molecular flexibility index (Phi) is 4.84. The van der Waals surface area contributed by atoms with Crippen molar-refractivity contribution in [1.82, 2.24) is 9.88 Å². The van der Waals surface area contributed by atoms with E-state index in [4.69, 9.17) is 16.3 Å². The zero-order valence-electron chi connectivity index (χ0n) is 12.9. The number of carbonyl (C=O) groups is 1. The fourth-order valence-electron chi connectivity index (χ4n) is 3.15. The van der Waals surface area contributed by atoms with Gasteiger partial charge in [0, 0.05) is 44.9 Å². The molecule has 0 bridgehead atoms. The Balaban J connectivity index is 1.50. The third-order valence-electron chi connectivity index (χ3n) is 4.48. The van der Waals surface area contributed by atoms with E-state index in [1.54, 1.807) is 6.20 Å². The van der Waals surface area contributed by atoms with E-state index in [0.717, 1.165) is 51.4 Å². The number of ether oxygens (including phenoxy) is 1. The average Bonchev–Trinajstić information content (AvgIpc) is 2.51. The molecule has 2 aliphatic rings. The number of hydrogen-bond acceptors (Lipinski definition) is 4. The highest BCUT2D eigenvalue weighted by Gasteiger charge is 2.38. The topological polar surface area (TPSA) is 45.7 Å². The normalized spacial score (nSPS) is 25.0. The highest BCUT2D eigenvalue weighted by molar-refractivity contribution is 6.32. The van der Waals surface area contributed by atoms with Crippen LogP contribution in [0.4, 0.5) is 5.82 Å². The molecule has 0 atom stereocenters. The van der Waals surface area contributed by atoms with Crippen LogP contribution in [-0.2, 0) is 9.53 Å². The van der Waals surface area contributed by atoms with E-state index in [2.05, 4.69) is 9.88 Å². The summed E-state index contributed by atoms with van der Waals surface area (Å²) in [6.07, 6.45) is 3.78. The monoisotopic (exact) mass is 323 g/mol. The van der Waals surface area contributed by atoms with E-state index in [1.807, 2.05) is 24.0 Å². The quantitative estimate of drug-likeness (QED) is 0.852. The maximum Gasteiger partial charge on any atom is 0.226 e. The van der Waals surface area contributed by atoms with Gasteiger partial charge >= 0.3 is 0 Å². The van der Waals surface area contributed by atoms with Crippen molar-refractivity contribution in [3.8, 4) is 0 Å². The molecule has 0 radical (unpaired) electrons. The number of hydrogen-bond donors (Lipinski definition) is 0. The second kappa shape index (κ2) is 6.84. The molecule has 6 heteroatoms. The first-order valence-corrected chi connectivity index (χ1v) is 8.32. The molecule has 5 nitrogen and oxygen atoms in total. The minimum Gasteiger partial charge on any atom is -0.378 e. The van der Waals surface area contributed by atoms with Gasteiger partial charge < -0.3 is 14.5 Å². The first kappa shape index (κ1) is 15.6. The van der Waals surface area contributed by atoms with Crippen LogP contribution in [-0.4, -0.2) is 54.7 Å². The molecule has 1 amide bonds. The van der Waals surface area contributed by atoms with Crippen LogP contribution in [0, 0.1) is 5.92 Å². The van der Waals surface area contributed by atoms with Crippen LogP contribution in [0.1, 0.15) is 19.8 Å². The molecule has 1 aliphatic carbocycles. The summed E-state index contributed by atoms with van der Waals surface area (Å²) in [4.78, 5) is 20.9. The van der Waals surface area contributed by atoms with Crippen LogP contribution in [0.15, 0.2) is 18.3 Å². The van der Waals surface area contributed by atoms with Gasteiger partial charge in [-0.15, -0.1) is 0 Å². The number of anilines is 1. The Bertz CT molecular complexity index is 526. The molecule has 22 heavy (non-hydrogen) atoms. The zero-order chi connectivity index (χ0) is 15.5. The summed E-state index contributed by atoms with van der Waals surface area (Å²) in [7, 11) is 0. The van der Waals surface area contributed by atoms with E-state index in [-0.39, 0.29) is 17.9 Å². The number of amides is 1. The molecule has 0 aromatic carbocycles. The highest BCUT2D eigenvalue weighted by Crippen LogP contribution is 2.32.